The number of ether oxygens (including phenoxy) is 1. The molecule has 2 aliphatic rings. The van der Waals surface area contributed by atoms with Crippen molar-refractivity contribution in [3.63, 3.8) is 0 Å². The summed E-state index contributed by atoms with van der Waals surface area (Å²) in [7, 11) is 1.85. The molecule has 3 heterocycles. The van der Waals surface area contributed by atoms with Crippen LogP contribution < -0.4 is 4.74 Å². The van der Waals surface area contributed by atoms with Gasteiger partial charge in [0.15, 0.2) is 5.82 Å². The number of aromatic nitrogens is 8. The van der Waals surface area contributed by atoms with E-state index in [4.69, 9.17) is 4.74 Å². The van der Waals surface area contributed by atoms with E-state index in [1.54, 1.807) is 10.9 Å². The summed E-state index contributed by atoms with van der Waals surface area (Å²) in [6.07, 6.45) is 9.19. The minimum Gasteiger partial charge on any atom is -0.489 e. The molecule has 0 spiro atoms. The smallest absolute Gasteiger partial charge is 0.306 e. The van der Waals surface area contributed by atoms with Gasteiger partial charge in [0, 0.05) is 13.0 Å². The highest BCUT2D eigenvalue weighted by atomic mass is 16.5. The van der Waals surface area contributed by atoms with Crippen molar-refractivity contribution in [2.45, 2.75) is 69.9 Å². The highest BCUT2D eigenvalue weighted by molar-refractivity contribution is 5.70. The molecule has 0 aliphatic heterocycles. The molecule has 2 aliphatic carbocycles. The topological polar surface area (TPSA) is 134 Å². The van der Waals surface area contributed by atoms with Gasteiger partial charge in [0.05, 0.1) is 36.2 Å². The number of aliphatic carboxylic acids is 1. The van der Waals surface area contributed by atoms with Crippen molar-refractivity contribution in [2.75, 3.05) is 0 Å². The first-order valence-electron chi connectivity index (χ1n) is 11.6. The Hall–Kier alpha value is -3.37. The predicted octanol–water partition coefficient (Wildman–Crippen LogP) is 2.59. The molecule has 1 N–H and O–H groups in total. The van der Waals surface area contributed by atoms with Crippen molar-refractivity contribution < 1.29 is 14.6 Å². The fourth-order valence-corrected chi connectivity index (χ4v) is 4.95. The maximum atomic E-state index is 11.3. The van der Waals surface area contributed by atoms with Gasteiger partial charge in [-0.1, -0.05) is 18.1 Å². The summed E-state index contributed by atoms with van der Waals surface area (Å²) in [6, 6.07) is 3.71. The Kier molecular flexibility index (Phi) is 6.01. The summed E-state index contributed by atoms with van der Waals surface area (Å²) in [4.78, 5) is 15.9. The van der Waals surface area contributed by atoms with E-state index in [1.807, 2.05) is 23.9 Å². The zero-order chi connectivity index (χ0) is 22.8. The van der Waals surface area contributed by atoms with Crippen LogP contribution in [-0.2, 0) is 18.4 Å². The van der Waals surface area contributed by atoms with Gasteiger partial charge in [0.2, 0.25) is 0 Å². The second-order valence-electron chi connectivity index (χ2n) is 9.01. The highest BCUT2D eigenvalue weighted by Gasteiger charge is 2.28. The molecular weight excluding hydrogens is 424 g/mol. The number of carboxylic acid groups (broad SMARTS) is 1. The molecule has 2 atom stereocenters. The van der Waals surface area contributed by atoms with Crippen LogP contribution >= 0.6 is 0 Å². The van der Waals surface area contributed by atoms with E-state index in [1.165, 1.54) is 12.8 Å². The van der Waals surface area contributed by atoms with Crippen LogP contribution in [0.1, 0.15) is 68.8 Å². The van der Waals surface area contributed by atoms with Crippen molar-refractivity contribution in [2.24, 2.45) is 13.0 Å². The number of nitrogens with zero attached hydrogens (tertiary/aromatic N) is 8. The van der Waals surface area contributed by atoms with Crippen molar-refractivity contribution in [3.05, 3.63) is 29.8 Å². The normalized spacial score (nSPS) is 21.4. The molecule has 3 aromatic rings. The summed E-state index contributed by atoms with van der Waals surface area (Å²) < 4.78 is 9.60. The van der Waals surface area contributed by atoms with E-state index in [9.17, 15) is 9.90 Å². The van der Waals surface area contributed by atoms with Gasteiger partial charge in [-0.05, 0) is 61.1 Å². The third kappa shape index (κ3) is 4.57. The fourth-order valence-electron chi connectivity index (χ4n) is 4.95. The molecule has 33 heavy (non-hydrogen) atoms. The first-order valence-corrected chi connectivity index (χ1v) is 11.6. The van der Waals surface area contributed by atoms with Gasteiger partial charge >= 0.3 is 5.97 Å². The lowest BCUT2D eigenvalue weighted by Gasteiger charge is -2.27. The molecule has 0 radical (unpaired) electrons. The third-order valence-electron chi connectivity index (χ3n) is 6.78. The number of carboxylic acids is 1. The summed E-state index contributed by atoms with van der Waals surface area (Å²) >= 11 is 0. The summed E-state index contributed by atoms with van der Waals surface area (Å²) in [5, 5.41) is 30.2. The summed E-state index contributed by atoms with van der Waals surface area (Å²) in [5.41, 5.74) is 2.24. The van der Waals surface area contributed by atoms with E-state index < -0.39 is 5.97 Å². The molecule has 11 heteroatoms. The minimum atomic E-state index is -0.745. The minimum absolute atomic E-state index is 0.103. The molecule has 0 bridgehead atoms. The lowest BCUT2D eigenvalue weighted by molar-refractivity contribution is -0.143. The van der Waals surface area contributed by atoms with Crippen molar-refractivity contribution >= 4 is 5.97 Å². The van der Waals surface area contributed by atoms with Crippen LogP contribution in [0.25, 0.3) is 11.4 Å². The first kappa shape index (κ1) is 21.5. The average molecular weight is 453 g/mol. The van der Waals surface area contributed by atoms with E-state index in [0.29, 0.717) is 42.4 Å². The number of pyridine rings is 1. The van der Waals surface area contributed by atoms with Gasteiger partial charge in [0.25, 0.3) is 0 Å². The van der Waals surface area contributed by atoms with E-state index >= 15 is 0 Å². The molecule has 0 amide bonds. The van der Waals surface area contributed by atoms with Crippen LogP contribution in [0, 0.1) is 5.92 Å². The van der Waals surface area contributed by atoms with Gasteiger partial charge in [-0.3, -0.25) is 9.78 Å². The van der Waals surface area contributed by atoms with Crippen LogP contribution in [0.15, 0.2) is 18.3 Å². The van der Waals surface area contributed by atoms with Gasteiger partial charge < -0.3 is 9.84 Å². The molecule has 11 nitrogen and oxygen atoms in total. The molecule has 0 aromatic carbocycles. The van der Waals surface area contributed by atoms with E-state index in [2.05, 4.69) is 30.8 Å². The largest absolute Gasteiger partial charge is 0.489 e. The van der Waals surface area contributed by atoms with Crippen LogP contribution in [-0.4, -0.2) is 57.4 Å². The van der Waals surface area contributed by atoms with Crippen molar-refractivity contribution in [3.8, 4) is 17.1 Å². The molecular formula is C22H28N8O3. The van der Waals surface area contributed by atoms with Gasteiger partial charge in [-0.2, -0.15) is 0 Å². The first-order chi connectivity index (χ1) is 16.1. The highest BCUT2D eigenvalue weighted by Crippen LogP contribution is 2.33. The molecule has 2 saturated carbocycles. The fraction of sp³-hybridized carbons (Fsp3) is 0.591. The number of aryl methyl sites for hydroxylation is 1. The Labute approximate surface area is 191 Å². The van der Waals surface area contributed by atoms with E-state index in [0.717, 1.165) is 37.2 Å². The van der Waals surface area contributed by atoms with Crippen LogP contribution in [0.5, 0.6) is 5.75 Å². The van der Waals surface area contributed by atoms with Gasteiger partial charge in [-0.25, -0.2) is 9.36 Å². The second kappa shape index (κ2) is 9.24. The van der Waals surface area contributed by atoms with Crippen molar-refractivity contribution in [1.29, 1.82) is 0 Å². The third-order valence-corrected chi connectivity index (χ3v) is 6.78. The molecule has 174 valence electrons. The Morgan fingerprint density at radius 1 is 1.12 bits per heavy atom. The number of tetrazole rings is 1. The maximum Gasteiger partial charge on any atom is 0.306 e. The number of hydrogen-bond donors (Lipinski definition) is 1. The van der Waals surface area contributed by atoms with Crippen molar-refractivity contribution in [1.82, 2.24) is 40.2 Å². The van der Waals surface area contributed by atoms with E-state index in [-0.39, 0.29) is 12.0 Å². The Morgan fingerprint density at radius 3 is 2.73 bits per heavy atom. The molecule has 0 unspecified atom stereocenters. The lowest BCUT2D eigenvalue weighted by Crippen LogP contribution is -2.29. The zero-order valence-electron chi connectivity index (χ0n) is 18.7. The Balaban J connectivity index is 1.31. The van der Waals surface area contributed by atoms with Crippen LogP contribution in [0.4, 0.5) is 0 Å². The summed E-state index contributed by atoms with van der Waals surface area (Å²) in [6.45, 7) is 0.469. The maximum absolute atomic E-state index is 11.3. The number of carbonyl (C=O) groups is 1. The molecule has 0 saturated heterocycles. The number of rotatable bonds is 7. The second-order valence-corrected chi connectivity index (χ2v) is 9.01. The predicted molar refractivity (Wildman–Crippen MR) is 116 cm³/mol. The molecule has 2 fully saturated rings. The van der Waals surface area contributed by atoms with Gasteiger partial charge in [0.1, 0.15) is 11.4 Å². The SMILES string of the molecule is Cn1nnc(-c2ccc(O[C@H]3CCC[C@H](C(=O)O)C3)cn2)c1Cn1nnnc1C1CCCC1. The molecule has 5 rings (SSSR count). The zero-order valence-corrected chi connectivity index (χ0v) is 18.7. The summed E-state index contributed by atoms with van der Waals surface area (Å²) in [5.74, 6) is 0.872. The van der Waals surface area contributed by atoms with Gasteiger partial charge in [-0.15, -0.1) is 10.2 Å². The molecule has 3 aromatic heterocycles. The average Bonchev–Trinajstić information content (AvgIpc) is 3.57. The Morgan fingerprint density at radius 2 is 1.97 bits per heavy atom. The number of hydrogen-bond acceptors (Lipinski definition) is 8. The monoisotopic (exact) mass is 452 g/mol. The van der Waals surface area contributed by atoms with Crippen LogP contribution in [0.3, 0.4) is 0 Å². The Bertz CT molecular complexity index is 1100. The quantitative estimate of drug-likeness (QED) is 0.574. The van der Waals surface area contributed by atoms with Crippen LogP contribution in [0.2, 0.25) is 0 Å². The lowest BCUT2D eigenvalue weighted by atomic mass is 9.87. The standard InChI is InChI=1S/C22H28N8O3/c1-29-19(13-30-21(25-26-28-30)14-5-2-3-6-14)20(24-27-29)18-10-9-17(12-23-18)33-16-8-4-7-15(11-16)22(31)32/h9-10,12,14-16H,2-8,11,13H2,1H3,(H,31,32)/t15-,16-/m0/s1.